The second kappa shape index (κ2) is 5.67. The van der Waals surface area contributed by atoms with Crippen LogP contribution in [0, 0.1) is 23.7 Å². The zero-order valence-electron chi connectivity index (χ0n) is 13.2. The summed E-state index contributed by atoms with van der Waals surface area (Å²) < 4.78 is 10.9. The number of nitrogens with one attached hydrogen (secondary N) is 1. The third-order valence-corrected chi connectivity index (χ3v) is 5.45. The van der Waals surface area contributed by atoms with E-state index in [4.69, 9.17) is 9.15 Å². The Bertz CT molecular complexity index is 600. The van der Waals surface area contributed by atoms with Gasteiger partial charge in [-0.2, -0.15) is 0 Å². The highest BCUT2D eigenvalue weighted by Gasteiger charge is 2.49. The van der Waals surface area contributed by atoms with Crippen LogP contribution in [-0.4, -0.2) is 49.1 Å². The van der Waals surface area contributed by atoms with Crippen molar-refractivity contribution in [2.75, 3.05) is 26.2 Å². The summed E-state index contributed by atoms with van der Waals surface area (Å²) in [6, 6.07) is 3.35. The molecule has 0 unspecified atom stereocenters. The number of ether oxygens (including phenoxy) is 1. The molecule has 1 saturated carbocycles. The van der Waals surface area contributed by atoms with Crippen LogP contribution < -0.4 is 5.32 Å². The average Bonchev–Trinajstić information content (AvgIpc) is 2.99. The average molecular weight is 318 g/mol. The number of rotatable bonds is 4. The van der Waals surface area contributed by atoms with E-state index in [1.807, 2.05) is 4.90 Å². The fourth-order valence-electron chi connectivity index (χ4n) is 3.81. The van der Waals surface area contributed by atoms with E-state index in [9.17, 15) is 9.59 Å². The Morgan fingerprint density at radius 3 is 2.91 bits per heavy atom. The molecule has 3 fully saturated rings. The van der Waals surface area contributed by atoms with Crippen LogP contribution in [0.5, 0.6) is 0 Å². The van der Waals surface area contributed by atoms with Crippen LogP contribution in [0.25, 0.3) is 0 Å². The van der Waals surface area contributed by atoms with Gasteiger partial charge >= 0.3 is 0 Å². The van der Waals surface area contributed by atoms with Crippen molar-refractivity contribution in [2.24, 2.45) is 23.7 Å². The number of furan rings is 1. The topological polar surface area (TPSA) is 71.8 Å². The minimum absolute atomic E-state index is 0.124. The molecule has 2 saturated heterocycles. The Kier molecular flexibility index (Phi) is 3.64. The van der Waals surface area contributed by atoms with E-state index in [1.165, 1.54) is 6.26 Å². The molecule has 1 aliphatic carbocycles. The Labute approximate surface area is 135 Å². The summed E-state index contributed by atoms with van der Waals surface area (Å²) in [4.78, 5) is 26.3. The second-order valence-corrected chi connectivity index (χ2v) is 7.05. The van der Waals surface area contributed by atoms with E-state index in [1.54, 1.807) is 12.1 Å². The third-order valence-electron chi connectivity index (χ3n) is 5.45. The van der Waals surface area contributed by atoms with E-state index < -0.39 is 0 Å². The maximum absolute atomic E-state index is 12.4. The predicted octanol–water partition coefficient (Wildman–Crippen LogP) is 1.14. The van der Waals surface area contributed by atoms with Crippen molar-refractivity contribution in [1.82, 2.24) is 10.2 Å². The number of hydrogen-bond acceptors (Lipinski definition) is 4. The Hall–Kier alpha value is -1.82. The molecule has 1 N–H and O–H groups in total. The molecule has 2 aliphatic heterocycles. The zero-order valence-corrected chi connectivity index (χ0v) is 13.2. The minimum atomic E-state index is -0.198. The molecule has 0 radical (unpaired) electrons. The van der Waals surface area contributed by atoms with Gasteiger partial charge < -0.3 is 19.4 Å². The molecule has 1 aromatic heterocycles. The molecule has 0 spiro atoms. The lowest BCUT2D eigenvalue weighted by atomic mass is 9.93. The van der Waals surface area contributed by atoms with Gasteiger partial charge in [-0.1, -0.05) is 6.92 Å². The number of fused-ring (bicyclic) bond motifs is 1. The van der Waals surface area contributed by atoms with Gasteiger partial charge in [-0.15, -0.1) is 0 Å². The number of likely N-dealkylation sites (tertiary alicyclic amines) is 1. The Balaban J connectivity index is 1.31. The van der Waals surface area contributed by atoms with Gasteiger partial charge in [-0.05, 0) is 24.5 Å². The number of hydrogen-bond donors (Lipinski definition) is 1. The van der Waals surface area contributed by atoms with E-state index >= 15 is 0 Å². The normalized spacial score (nSPS) is 35.2. The van der Waals surface area contributed by atoms with Crippen molar-refractivity contribution in [2.45, 2.75) is 19.4 Å². The molecule has 124 valence electrons. The van der Waals surface area contributed by atoms with Crippen molar-refractivity contribution in [1.29, 1.82) is 0 Å². The fourth-order valence-corrected chi connectivity index (χ4v) is 3.81. The maximum Gasteiger partial charge on any atom is 0.286 e. The lowest BCUT2D eigenvalue weighted by Gasteiger charge is -2.20. The highest BCUT2D eigenvalue weighted by Crippen LogP contribution is 2.41. The summed E-state index contributed by atoms with van der Waals surface area (Å²) in [7, 11) is 0. The van der Waals surface area contributed by atoms with Gasteiger partial charge in [0.15, 0.2) is 5.76 Å². The maximum atomic E-state index is 12.4. The molecule has 3 aliphatic rings. The summed E-state index contributed by atoms with van der Waals surface area (Å²) in [5.74, 6) is 1.76. The Morgan fingerprint density at radius 1 is 1.39 bits per heavy atom. The van der Waals surface area contributed by atoms with Crippen LogP contribution >= 0.6 is 0 Å². The van der Waals surface area contributed by atoms with Gasteiger partial charge in [0.1, 0.15) is 0 Å². The van der Waals surface area contributed by atoms with Crippen molar-refractivity contribution in [3.8, 4) is 0 Å². The van der Waals surface area contributed by atoms with Crippen molar-refractivity contribution < 1.29 is 18.7 Å². The zero-order chi connectivity index (χ0) is 16.0. The van der Waals surface area contributed by atoms with Crippen molar-refractivity contribution >= 4 is 11.8 Å². The highest BCUT2D eigenvalue weighted by molar-refractivity contribution is 5.91. The van der Waals surface area contributed by atoms with E-state index in [0.717, 1.165) is 13.0 Å². The van der Waals surface area contributed by atoms with Gasteiger partial charge in [0.25, 0.3) is 5.91 Å². The van der Waals surface area contributed by atoms with Crippen LogP contribution in [0.4, 0.5) is 0 Å². The van der Waals surface area contributed by atoms with Gasteiger partial charge in [0.05, 0.1) is 19.0 Å². The smallest absolute Gasteiger partial charge is 0.286 e. The van der Waals surface area contributed by atoms with Crippen molar-refractivity contribution in [3.63, 3.8) is 0 Å². The molecular formula is C17H22N2O4. The summed E-state index contributed by atoms with van der Waals surface area (Å²) in [5.41, 5.74) is 0. The molecule has 3 heterocycles. The van der Waals surface area contributed by atoms with E-state index in [2.05, 4.69) is 12.2 Å². The lowest BCUT2D eigenvalue weighted by molar-refractivity contribution is -0.132. The lowest BCUT2D eigenvalue weighted by Crippen LogP contribution is -2.35. The summed E-state index contributed by atoms with van der Waals surface area (Å²) in [5, 5.41) is 2.91. The van der Waals surface area contributed by atoms with Crippen LogP contribution in [0.3, 0.4) is 0 Å². The van der Waals surface area contributed by atoms with E-state index in [0.29, 0.717) is 37.3 Å². The first kappa shape index (κ1) is 14.8. The molecule has 5 atom stereocenters. The van der Waals surface area contributed by atoms with Gasteiger partial charge in [-0.3, -0.25) is 9.59 Å². The molecule has 6 nitrogen and oxygen atoms in total. The van der Waals surface area contributed by atoms with Gasteiger partial charge in [0, 0.05) is 37.4 Å². The first-order valence-electron chi connectivity index (χ1n) is 8.35. The molecule has 1 aromatic rings. The number of amides is 2. The Morgan fingerprint density at radius 2 is 2.22 bits per heavy atom. The minimum Gasteiger partial charge on any atom is -0.459 e. The van der Waals surface area contributed by atoms with Gasteiger partial charge in [-0.25, -0.2) is 0 Å². The SMILES string of the molecule is C[C@H]1C[C@H]1C(=O)N1C[C@@H]2[C@@H](CNC(=O)c3ccco3)CO[C@@H]2C1. The van der Waals surface area contributed by atoms with Gasteiger partial charge in [0.2, 0.25) is 5.91 Å². The van der Waals surface area contributed by atoms with Crippen LogP contribution in [0.2, 0.25) is 0 Å². The first-order chi connectivity index (χ1) is 11.1. The largest absolute Gasteiger partial charge is 0.459 e. The van der Waals surface area contributed by atoms with Crippen molar-refractivity contribution in [3.05, 3.63) is 24.2 Å². The highest BCUT2D eigenvalue weighted by atomic mass is 16.5. The molecule has 23 heavy (non-hydrogen) atoms. The standard InChI is InChI=1S/C17H22N2O4/c1-10-5-12(10)17(21)19-7-13-11(9-23-15(13)8-19)6-18-16(20)14-3-2-4-22-14/h2-4,10-13,15H,5-9H2,1H3,(H,18,20)/t10-,11-,12+,13+,15+/m0/s1. The molecule has 0 aromatic carbocycles. The van der Waals surface area contributed by atoms with Crippen LogP contribution in [-0.2, 0) is 9.53 Å². The monoisotopic (exact) mass is 318 g/mol. The second-order valence-electron chi connectivity index (χ2n) is 7.05. The first-order valence-corrected chi connectivity index (χ1v) is 8.35. The number of nitrogens with zero attached hydrogens (tertiary/aromatic N) is 1. The number of carbonyl (C=O) groups is 2. The quantitative estimate of drug-likeness (QED) is 0.903. The predicted molar refractivity (Wildman–Crippen MR) is 81.6 cm³/mol. The summed E-state index contributed by atoms with van der Waals surface area (Å²) in [6.45, 7) is 4.80. The van der Waals surface area contributed by atoms with E-state index in [-0.39, 0.29) is 29.8 Å². The fraction of sp³-hybridized carbons (Fsp3) is 0.647. The summed E-state index contributed by atoms with van der Waals surface area (Å²) in [6.07, 6.45) is 2.63. The van der Waals surface area contributed by atoms with Crippen LogP contribution in [0.15, 0.2) is 22.8 Å². The molecular weight excluding hydrogens is 296 g/mol. The van der Waals surface area contributed by atoms with Crippen LogP contribution in [0.1, 0.15) is 23.9 Å². The molecule has 0 bridgehead atoms. The molecule has 6 heteroatoms. The molecule has 2 amide bonds. The third kappa shape index (κ3) is 2.76. The molecule has 4 rings (SSSR count). The summed E-state index contributed by atoms with van der Waals surface area (Å²) >= 11 is 0. The number of carbonyl (C=O) groups excluding carboxylic acids is 2.